The number of hydrogen-bond acceptors (Lipinski definition) is 4. The van der Waals surface area contributed by atoms with Crippen LogP contribution in [0, 0.1) is 0 Å². The van der Waals surface area contributed by atoms with Gasteiger partial charge in [-0.3, -0.25) is 0 Å². The highest BCUT2D eigenvalue weighted by Crippen LogP contribution is 2.46. The quantitative estimate of drug-likeness (QED) is 0.875. The first-order valence-corrected chi connectivity index (χ1v) is 7.59. The maximum Gasteiger partial charge on any atom is 0.161 e. The van der Waals surface area contributed by atoms with E-state index in [1.54, 1.807) is 14.2 Å². The molecule has 0 spiro atoms. The summed E-state index contributed by atoms with van der Waals surface area (Å²) in [5, 5.41) is 10.8. The van der Waals surface area contributed by atoms with E-state index in [2.05, 4.69) is 6.07 Å². The van der Waals surface area contributed by atoms with E-state index in [1.807, 2.05) is 31.1 Å². The van der Waals surface area contributed by atoms with Gasteiger partial charge in [-0.05, 0) is 44.6 Å². The lowest BCUT2D eigenvalue weighted by Gasteiger charge is -2.36. The number of nitrogens with zero attached hydrogens (tertiary/aromatic N) is 1. The number of ether oxygens (including phenoxy) is 2. The van der Waals surface area contributed by atoms with Crippen molar-refractivity contribution in [2.24, 2.45) is 0 Å². The molecule has 4 heteroatoms. The number of aliphatic hydroxyl groups is 1. The van der Waals surface area contributed by atoms with E-state index in [4.69, 9.17) is 9.47 Å². The molecule has 1 atom stereocenters. The lowest BCUT2D eigenvalue weighted by Crippen LogP contribution is -2.43. The van der Waals surface area contributed by atoms with Crippen LogP contribution in [0.1, 0.15) is 31.2 Å². The van der Waals surface area contributed by atoms with E-state index in [-0.39, 0.29) is 11.5 Å². The SMILES string of the molecule is COc1ccc(C2([C@@H](O)CN(C)C)CCCC2)cc1OC. The van der Waals surface area contributed by atoms with Crippen LogP contribution in [0.25, 0.3) is 0 Å². The van der Waals surface area contributed by atoms with Crippen LogP contribution < -0.4 is 9.47 Å². The molecule has 4 nitrogen and oxygen atoms in total. The molecule has 1 fully saturated rings. The fourth-order valence-corrected chi connectivity index (χ4v) is 3.49. The third-order valence-electron chi connectivity index (χ3n) is 4.63. The second-order valence-corrected chi connectivity index (χ2v) is 6.21. The number of aliphatic hydroxyl groups excluding tert-OH is 1. The van der Waals surface area contributed by atoms with Gasteiger partial charge in [-0.2, -0.15) is 0 Å². The Hall–Kier alpha value is -1.26. The van der Waals surface area contributed by atoms with E-state index < -0.39 is 0 Å². The molecule has 0 unspecified atom stereocenters. The third-order valence-corrected chi connectivity index (χ3v) is 4.63. The van der Waals surface area contributed by atoms with Gasteiger partial charge in [0.2, 0.25) is 0 Å². The van der Waals surface area contributed by atoms with Crippen LogP contribution >= 0.6 is 0 Å². The molecule has 0 radical (unpaired) electrons. The van der Waals surface area contributed by atoms with Gasteiger partial charge in [0.25, 0.3) is 0 Å². The minimum absolute atomic E-state index is 0.163. The van der Waals surface area contributed by atoms with Gasteiger partial charge >= 0.3 is 0 Å². The molecule has 0 heterocycles. The van der Waals surface area contributed by atoms with E-state index in [1.165, 1.54) is 12.8 Å². The summed E-state index contributed by atoms with van der Waals surface area (Å²) in [6.45, 7) is 0.675. The number of methoxy groups -OCH3 is 2. The lowest BCUT2D eigenvalue weighted by molar-refractivity contribution is 0.0578. The summed E-state index contributed by atoms with van der Waals surface area (Å²) >= 11 is 0. The maximum atomic E-state index is 10.8. The Balaban J connectivity index is 2.38. The lowest BCUT2D eigenvalue weighted by atomic mass is 9.74. The summed E-state index contributed by atoms with van der Waals surface area (Å²) in [7, 11) is 7.30. The fourth-order valence-electron chi connectivity index (χ4n) is 3.49. The van der Waals surface area contributed by atoms with E-state index >= 15 is 0 Å². The van der Waals surface area contributed by atoms with Crippen LogP contribution in [0.15, 0.2) is 18.2 Å². The van der Waals surface area contributed by atoms with Crippen molar-refractivity contribution in [3.8, 4) is 11.5 Å². The van der Waals surface area contributed by atoms with Gasteiger partial charge in [0.05, 0.1) is 20.3 Å². The summed E-state index contributed by atoms with van der Waals surface area (Å²) in [6, 6.07) is 6.05. The van der Waals surface area contributed by atoms with Gasteiger partial charge in [0.15, 0.2) is 11.5 Å². The predicted molar refractivity (Wildman–Crippen MR) is 84.3 cm³/mol. The molecule has 0 saturated heterocycles. The Morgan fingerprint density at radius 2 is 1.76 bits per heavy atom. The van der Waals surface area contributed by atoms with Crippen molar-refractivity contribution in [1.82, 2.24) is 4.90 Å². The number of benzene rings is 1. The molecular weight excluding hydrogens is 266 g/mol. The Morgan fingerprint density at radius 3 is 2.29 bits per heavy atom. The van der Waals surface area contributed by atoms with E-state index in [0.29, 0.717) is 6.54 Å². The Bertz CT molecular complexity index is 467. The molecular formula is C17H27NO3. The minimum Gasteiger partial charge on any atom is -0.493 e. The average molecular weight is 293 g/mol. The van der Waals surface area contributed by atoms with Gasteiger partial charge in [-0.25, -0.2) is 0 Å². The maximum absolute atomic E-state index is 10.8. The first kappa shape index (κ1) is 16.1. The molecule has 1 aliphatic rings. The van der Waals surface area contributed by atoms with Crippen LogP contribution in [0.2, 0.25) is 0 Å². The van der Waals surface area contributed by atoms with Crippen molar-refractivity contribution in [1.29, 1.82) is 0 Å². The van der Waals surface area contributed by atoms with Gasteiger partial charge in [-0.15, -0.1) is 0 Å². The molecule has 1 aliphatic carbocycles. The van der Waals surface area contributed by atoms with Crippen LogP contribution in [0.3, 0.4) is 0 Å². The fraction of sp³-hybridized carbons (Fsp3) is 0.647. The highest BCUT2D eigenvalue weighted by atomic mass is 16.5. The zero-order chi connectivity index (χ0) is 15.5. The topological polar surface area (TPSA) is 41.9 Å². The van der Waals surface area contributed by atoms with Crippen LogP contribution in [0.4, 0.5) is 0 Å². The molecule has 0 aliphatic heterocycles. The normalized spacial score (nSPS) is 18.8. The van der Waals surface area contributed by atoms with E-state index in [0.717, 1.165) is 29.9 Å². The average Bonchev–Trinajstić information content (AvgIpc) is 2.96. The van der Waals surface area contributed by atoms with Gasteiger partial charge < -0.3 is 19.5 Å². The summed E-state index contributed by atoms with van der Waals surface area (Å²) in [6.07, 6.45) is 4.01. The largest absolute Gasteiger partial charge is 0.493 e. The van der Waals surface area contributed by atoms with Crippen molar-refractivity contribution in [3.05, 3.63) is 23.8 Å². The van der Waals surface area contributed by atoms with Crippen molar-refractivity contribution in [2.45, 2.75) is 37.2 Å². The van der Waals surface area contributed by atoms with E-state index in [9.17, 15) is 5.11 Å². The molecule has 0 aromatic heterocycles. The summed E-state index contributed by atoms with van der Waals surface area (Å²) in [5.74, 6) is 1.47. The number of rotatable bonds is 6. The van der Waals surface area contributed by atoms with Crippen LogP contribution in [0.5, 0.6) is 11.5 Å². The zero-order valence-electron chi connectivity index (χ0n) is 13.6. The standard InChI is InChI=1S/C17H27NO3/c1-18(2)12-16(19)17(9-5-6-10-17)13-7-8-14(20-3)15(11-13)21-4/h7-8,11,16,19H,5-6,9-10,12H2,1-4H3/t16-/m0/s1. The number of hydrogen-bond donors (Lipinski definition) is 1. The molecule has 2 rings (SSSR count). The summed E-state index contributed by atoms with van der Waals surface area (Å²) in [5.41, 5.74) is 0.996. The van der Waals surface area contributed by atoms with Crippen LogP contribution in [-0.2, 0) is 5.41 Å². The Kier molecular flexibility index (Phi) is 5.12. The monoisotopic (exact) mass is 293 g/mol. The van der Waals surface area contributed by atoms with Crippen LogP contribution in [-0.4, -0.2) is 51.0 Å². The van der Waals surface area contributed by atoms with Crippen molar-refractivity contribution in [3.63, 3.8) is 0 Å². The second-order valence-electron chi connectivity index (χ2n) is 6.21. The summed E-state index contributed by atoms with van der Waals surface area (Å²) < 4.78 is 10.7. The van der Waals surface area contributed by atoms with Gasteiger partial charge in [-0.1, -0.05) is 18.9 Å². The number of likely N-dealkylation sites (N-methyl/N-ethyl adjacent to an activating group) is 1. The molecule has 1 aromatic rings. The second kappa shape index (κ2) is 6.67. The van der Waals surface area contributed by atoms with Crippen molar-refractivity contribution >= 4 is 0 Å². The van der Waals surface area contributed by atoms with Crippen molar-refractivity contribution in [2.75, 3.05) is 34.9 Å². The highest BCUT2D eigenvalue weighted by Gasteiger charge is 2.42. The Labute approximate surface area is 127 Å². The molecule has 21 heavy (non-hydrogen) atoms. The Morgan fingerprint density at radius 1 is 1.14 bits per heavy atom. The molecule has 0 bridgehead atoms. The first-order valence-electron chi connectivity index (χ1n) is 7.59. The molecule has 1 aromatic carbocycles. The first-order chi connectivity index (χ1) is 10.0. The van der Waals surface area contributed by atoms with Gasteiger partial charge in [0, 0.05) is 12.0 Å². The highest BCUT2D eigenvalue weighted by molar-refractivity contribution is 5.46. The third kappa shape index (κ3) is 3.16. The molecule has 1 saturated carbocycles. The zero-order valence-corrected chi connectivity index (χ0v) is 13.6. The smallest absolute Gasteiger partial charge is 0.161 e. The molecule has 0 amide bonds. The summed E-state index contributed by atoms with van der Waals surface area (Å²) in [4.78, 5) is 2.05. The minimum atomic E-state index is -0.367. The van der Waals surface area contributed by atoms with Gasteiger partial charge in [0.1, 0.15) is 0 Å². The molecule has 118 valence electrons. The predicted octanol–water partition coefficient (Wildman–Crippen LogP) is 2.44. The molecule has 1 N–H and O–H groups in total. The van der Waals surface area contributed by atoms with Crippen molar-refractivity contribution < 1.29 is 14.6 Å².